The van der Waals surface area contributed by atoms with Crippen molar-refractivity contribution >= 4 is 0 Å². The molecule has 0 aliphatic carbocycles. The van der Waals surface area contributed by atoms with E-state index in [-0.39, 0.29) is 17.3 Å². The zero-order valence-corrected chi connectivity index (χ0v) is 12.8. The summed E-state index contributed by atoms with van der Waals surface area (Å²) in [5.41, 5.74) is 1.15. The van der Waals surface area contributed by atoms with Gasteiger partial charge in [-0.15, -0.1) is 0 Å². The Hall–Kier alpha value is -0.930. The van der Waals surface area contributed by atoms with Gasteiger partial charge in [-0.3, -0.25) is 0 Å². The van der Waals surface area contributed by atoms with E-state index in [1.807, 2.05) is 6.07 Å². The van der Waals surface area contributed by atoms with Crippen LogP contribution in [0.1, 0.15) is 32.8 Å². The average molecular weight is 279 g/mol. The summed E-state index contributed by atoms with van der Waals surface area (Å²) >= 11 is 0. The second kappa shape index (κ2) is 6.68. The molecule has 112 valence electrons. The minimum absolute atomic E-state index is 0.0860. The Morgan fingerprint density at radius 1 is 1.45 bits per heavy atom. The van der Waals surface area contributed by atoms with Gasteiger partial charge in [0.15, 0.2) is 0 Å². The fourth-order valence-corrected chi connectivity index (χ4v) is 3.01. The maximum Gasteiger partial charge on any atom is 0.123 e. The molecule has 1 heterocycles. The normalized spacial score (nSPS) is 26.4. The fourth-order valence-electron chi connectivity index (χ4n) is 3.01. The molecule has 1 aliphatic rings. The molecule has 0 bridgehead atoms. The van der Waals surface area contributed by atoms with Gasteiger partial charge in [-0.05, 0) is 49.9 Å². The molecule has 0 aromatic heterocycles. The number of halogens is 1. The van der Waals surface area contributed by atoms with E-state index in [4.69, 9.17) is 4.74 Å². The van der Waals surface area contributed by atoms with Gasteiger partial charge in [0, 0.05) is 18.6 Å². The first kappa shape index (κ1) is 15.5. The second-order valence-electron chi connectivity index (χ2n) is 6.46. The largest absolute Gasteiger partial charge is 0.378 e. The molecule has 0 saturated carbocycles. The molecule has 1 N–H and O–H groups in total. The zero-order chi connectivity index (χ0) is 14.6. The van der Waals surface area contributed by atoms with Crippen LogP contribution < -0.4 is 5.32 Å². The summed E-state index contributed by atoms with van der Waals surface area (Å²) in [6.45, 7) is 9.31. The molecule has 1 aliphatic heterocycles. The van der Waals surface area contributed by atoms with Crippen molar-refractivity contribution in [3.8, 4) is 0 Å². The van der Waals surface area contributed by atoms with Crippen molar-refractivity contribution in [1.29, 1.82) is 0 Å². The van der Waals surface area contributed by atoms with Crippen molar-refractivity contribution in [1.82, 2.24) is 5.32 Å². The van der Waals surface area contributed by atoms with Crippen molar-refractivity contribution in [2.75, 3.05) is 19.7 Å². The number of hydrogen-bond donors (Lipinski definition) is 1. The highest BCUT2D eigenvalue weighted by Crippen LogP contribution is 2.37. The van der Waals surface area contributed by atoms with Crippen molar-refractivity contribution in [2.45, 2.75) is 39.7 Å². The Balaban J connectivity index is 2.07. The molecule has 3 heteroatoms. The van der Waals surface area contributed by atoms with Crippen LogP contribution in [0.3, 0.4) is 0 Å². The van der Waals surface area contributed by atoms with Gasteiger partial charge in [0.1, 0.15) is 5.82 Å². The van der Waals surface area contributed by atoms with Crippen LogP contribution in [0.25, 0.3) is 0 Å². The number of hydrogen-bond acceptors (Lipinski definition) is 2. The van der Waals surface area contributed by atoms with Crippen LogP contribution in [-0.2, 0) is 11.2 Å². The van der Waals surface area contributed by atoms with E-state index >= 15 is 0 Å². The first-order chi connectivity index (χ1) is 9.52. The predicted octanol–water partition coefficient (Wildman–Crippen LogP) is 3.41. The van der Waals surface area contributed by atoms with Gasteiger partial charge in [-0.25, -0.2) is 4.39 Å². The summed E-state index contributed by atoms with van der Waals surface area (Å²) in [7, 11) is 0. The molecule has 2 atom stereocenters. The van der Waals surface area contributed by atoms with Crippen LogP contribution in [0.4, 0.5) is 4.39 Å². The van der Waals surface area contributed by atoms with Gasteiger partial charge in [0.05, 0.1) is 6.10 Å². The second-order valence-corrected chi connectivity index (χ2v) is 6.46. The lowest BCUT2D eigenvalue weighted by Crippen LogP contribution is -2.42. The number of rotatable bonds is 6. The van der Waals surface area contributed by atoms with E-state index < -0.39 is 0 Å². The van der Waals surface area contributed by atoms with Crippen molar-refractivity contribution < 1.29 is 9.13 Å². The van der Waals surface area contributed by atoms with E-state index in [0.717, 1.165) is 38.1 Å². The standard InChI is InChI=1S/C17H26FNO/c1-13(2)11-19-12-17(7-8-20-14(17)3)10-15-5-4-6-16(18)9-15/h4-6,9,13-14,19H,7-8,10-12H2,1-3H3. The third-order valence-corrected chi connectivity index (χ3v) is 4.31. The number of nitrogens with one attached hydrogen (secondary N) is 1. The maximum absolute atomic E-state index is 13.4. The SMILES string of the molecule is CC(C)CNCC1(Cc2cccc(F)c2)CCOC1C. The minimum atomic E-state index is -0.153. The van der Waals surface area contributed by atoms with Gasteiger partial charge in [0.25, 0.3) is 0 Å². The van der Waals surface area contributed by atoms with Gasteiger partial charge >= 0.3 is 0 Å². The summed E-state index contributed by atoms with van der Waals surface area (Å²) in [6.07, 6.45) is 2.12. The number of ether oxygens (including phenoxy) is 1. The van der Waals surface area contributed by atoms with Crippen LogP contribution in [0.2, 0.25) is 0 Å². The highest BCUT2D eigenvalue weighted by atomic mass is 19.1. The Kier molecular flexibility index (Phi) is 5.17. The lowest BCUT2D eigenvalue weighted by atomic mass is 9.76. The average Bonchev–Trinajstić information content (AvgIpc) is 2.70. The van der Waals surface area contributed by atoms with E-state index in [2.05, 4.69) is 26.1 Å². The smallest absolute Gasteiger partial charge is 0.123 e. The topological polar surface area (TPSA) is 21.3 Å². The lowest BCUT2D eigenvalue weighted by molar-refractivity contribution is 0.0627. The quantitative estimate of drug-likeness (QED) is 0.861. The molecule has 2 nitrogen and oxygen atoms in total. The van der Waals surface area contributed by atoms with Crippen LogP contribution in [0.5, 0.6) is 0 Å². The maximum atomic E-state index is 13.4. The van der Waals surface area contributed by atoms with Crippen LogP contribution in [0.15, 0.2) is 24.3 Å². The first-order valence-electron chi connectivity index (χ1n) is 7.59. The molecule has 1 saturated heterocycles. The lowest BCUT2D eigenvalue weighted by Gasteiger charge is -2.33. The van der Waals surface area contributed by atoms with Crippen molar-refractivity contribution in [2.24, 2.45) is 11.3 Å². The zero-order valence-electron chi connectivity index (χ0n) is 12.8. The van der Waals surface area contributed by atoms with Crippen LogP contribution >= 0.6 is 0 Å². The fraction of sp³-hybridized carbons (Fsp3) is 0.647. The highest BCUT2D eigenvalue weighted by molar-refractivity contribution is 5.19. The summed E-state index contributed by atoms with van der Waals surface area (Å²) in [4.78, 5) is 0. The molecule has 0 amide bonds. The monoisotopic (exact) mass is 279 g/mol. The Morgan fingerprint density at radius 3 is 2.85 bits per heavy atom. The first-order valence-corrected chi connectivity index (χ1v) is 7.59. The molecule has 1 aromatic rings. The third-order valence-electron chi connectivity index (χ3n) is 4.31. The van der Waals surface area contributed by atoms with Crippen LogP contribution in [-0.4, -0.2) is 25.8 Å². The molecule has 0 spiro atoms. The summed E-state index contributed by atoms with van der Waals surface area (Å²) in [5, 5.41) is 3.56. The van der Waals surface area contributed by atoms with Crippen molar-refractivity contribution in [3.63, 3.8) is 0 Å². The molecular formula is C17H26FNO. The molecule has 2 rings (SSSR count). The molecular weight excluding hydrogens is 253 g/mol. The molecule has 1 fully saturated rings. The Morgan fingerprint density at radius 2 is 2.25 bits per heavy atom. The highest BCUT2D eigenvalue weighted by Gasteiger charge is 2.41. The van der Waals surface area contributed by atoms with Gasteiger partial charge in [0.2, 0.25) is 0 Å². The molecule has 2 unspecified atom stereocenters. The van der Waals surface area contributed by atoms with Gasteiger partial charge in [-0.2, -0.15) is 0 Å². The van der Waals surface area contributed by atoms with Crippen LogP contribution in [0, 0.1) is 17.2 Å². The van der Waals surface area contributed by atoms with Crippen molar-refractivity contribution in [3.05, 3.63) is 35.6 Å². The third kappa shape index (κ3) is 3.80. The van der Waals surface area contributed by atoms with E-state index in [0.29, 0.717) is 5.92 Å². The van der Waals surface area contributed by atoms with E-state index in [1.54, 1.807) is 12.1 Å². The Bertz CT molecular complexity index is 435. The minimum Gasteiger partial charge on any atom is -0.378 e. The Labute approximate surface area is 121 Å². The van der Waals surface area contributed by atoms with E-state index in [1.165, 1.54) is 6.07 Å². The molecule has 20 heavy (non-hydrogen) atoms. The van der Waals surface area contributed by atoms with Gasteiger partial charge < -0.3 is 10.1 Å². The number of benzene rings is 1. The molecule has 1 aromatic carbocycles. The van der Waals surface area contributed by atoms with E-state index in [9.17, 15) is 4.39 Å². The summed E-state index contributed by atoms with van der Waals surface area (Å²) in [6, 6.07) is 6.95. The molecule has 0 radical (unpaired) electrons. The summed E-state index contributed by atoms with van der Waals surface area (Å²) < 4.78 is 19.2. The van der Waals surface area contributed by atoms with Gasteiger partial charge in [-0.1, -0.05) is 26.0 Å². The summed E-state index contributed by atoms with van der Waals surface area (Å²) in [5.74, 6) is 0.484. The predicted molar refractivity (Wildman–Crippen MR) is 80.3 cm³/mol.